The highest BCUT2D eigenvalue weighted by Gasteiger charge is 2.36. The molecule has 3 amide bonds. The number of benzene rings is 3. The number of carboxylic acids is 1. The molecule has 0 unspecified atom stereocenters. The normalized spacial score (nSPS) is 13.4. The molecule has 4 atom stereocenters. The number of hydrogen-bond acceptors (Lipinski definition) is 10. The lowest BCUT2D eigenvalue weighted by molar-refractivity contribution is -0.189. The molecule has 0 heterocycles. The molecule has 3 rings (SSSR count). The number of carboxylic acid groups (broad SMARTS) is 1. The third-order valence-electron chi connectivity index (χ3n) is 8.01. The number of Topliss-reactive ketones (excluding diaryl/α,β-unsaturated/α-hetero) is 1. The van der Waals surface area contributed by atoms with E-state index in [1.165, 1.54) is 0 Å². The SMILES string of the molecule is COC(=O)[C@H](Cc1ccccc1)N(O)C(=O)[C@H](CCC(=O)O)NC(=O)[C@H](Cc1ccccc1)NCC(=O)[C@H](Cc1ccccc1)NC(=O)OC(C)(C)C. The van der Waals surface area contributed by atoms with Crippen molar-refractivity contribution in [1.29, 1.82) is 0 Å². The van der Waals surface area contributed by atoms with Gasteiger partial charge in [-0.05, 0) is 56.7 Å². The fourth-order valence-electron chi connectivity index (χ4n) is 5.35. The van der Waals surface area contributed by atoms with E-state index in [1.807, 2.05) is 6.07 Å². The molecular weight excluding hydrogens is 684 g/mol. The first-order chi connectivity index (χ1) is 25.2. The quantitative estimate of drug-likeness (QED) is 0.0689. The van der Waals surface area contributed by atoms with Gasteiger partial charge in [0.1, 0.15) is 11.6 Å². The van der Waals surface area contributed by atoms with Gasteiger partial charge in [0, 0.05) is 12.8 Å². The fourth-order valence-corrected chi connectivity index (χ4v) is 5.35. The summed E-state index contributed by atoms with van der Waals surface area (Å²) in [6.07, 6.45) is -1.72. The Hall–Kier alpha value is -5.60. The Bertz CT molecular complexity index is 1670. The van der Waals surface area contributed by atoms with E-state index in [-0.39, 0.29) is 30.9 Å². The Labute approximate surface area is 308 Å². The van der Waals surface area contributed by atoms with Crippen LogP contribution in [0, 0.1) is 0 Å². The van der Waals surface area contributed by atoms with E-state index in [4.69, 9.17) is 9.47 Å². The molecule has 14 heteroatoms. The van der Waals surface area contributed by atoms with Crippen molar-refractivity contribution in [3.05, 3.63) is 108 Å². The van der Waals surface area contributed by atoms with Crippen LogP contribution in [-0.2, 0) is 52.7 Å². The molecule has 0 aliphatic heterocycles. The molecule has 0 radical (unpaired) electrons. The number of ether oxygens (including phenoxy) is 2. The molecule has 3 aromatic rings. The van der Waals surface area contributed by atoms with Crippen molar-refractivity contribution in [1.82, 2.24) is 21.0 Å². The average molecular weight is 733 g/mol. The summed E-state index contributed by atoms with van der Waals surface area (Å²) in [6, 6.07) is 21.2. The minimum atomic E-state index is -1.58. The molecule has 0 spiro atoms. The van der Waals surface area contributed by atoms with Crippen LogP contribution in [0.3, 0.4) is 0 Å². The molecule has 14 nitrogen and oxygen atoms in total. The van der Waals surface area contributed by atoms with Gasteiger partial charge in [-0.15, -0.1) is 0 Å². The van der Waals surface area contributed by atoms with Crippen LogP contribution in [0.4, 0.5) is 4.79 Å². The maximum absolute atomic E-state index is 13.9. The standard InChI is InChI=1S/C39H48N4O10/c1-39(2,3)53-38(50)42-30(22-26-14-8-5-9-15-26)33(44)25-40-31(23-27-16-10-6-11-17-27)35(47)41-29(20-21-34(45)46)36(48)43(51)32(37(49)52-4)24-28-18-12-7-13-19-28/h5-19,29-32,40,51H,20-25H2,1-4H3,(H,41,47)(H,42,50)(H,45,46)/t29-,30-,31-,32-/m0/s1. The predicted octanol–water partition coefficient (Wildman–Crippen LogP) is 3.24. The highest BCUT2D eigenvalue weighted by molar-refractivity contribution is 5.93. The van der Waals surface area contributed by atoms with Gasteiger partial charge >= 0.3 is 18.0 Å². The topological polar surface area (TPSA) is 201 Å². The Balaban J connectivity index is 1.86. The number of esters is 1. The summed E-state index contributed by atoms with van der Waals surface area (Å²) in [5, 5.41) is 28.7. The maximum atomic E-state index is 13.9. The van der Waals surface area contributed by atoms with Crippen LogP contribution in [-0.4, -0.2) is 94.4 Å². The maximum Gasteiger partial charge on any atom is 0.408 e. The lowest BCUT2D eigenvalue weighted by atomic mass is 10.0. The van der Waals surface area contributed by atoms with Gasteiger partial charge in [0.05, 0.1) is 25.7 Å². The highest BCUT2D eigenvalue weighted by atomic mass is 16.6. The Morgan fingerprint density at radius 2 is 1.21 bits per heavy atom. The number of alkyl carbamates (subject to hydrolysis) is 1. The van der Waals surface area contributed by atoms with Crippen LogP contribution in [0.1, 0.15) is 50.3 Å². The summed E-state index contributed by atoms with van der Waals surface area (Å²) >= 11 is 0. The van der Waals surface area contributed by atoms with E-state index in [9.17, 15) is 39.1 Å². The summed E-state index contributed by atoms with van der Waals surface area (Å²) in [7, 11) is 1.09. The molecule has 53 heavy (non-hydrogen) atoms. The van der Waals surface area contributed by atoms with Gasteiger partial charge in [0.15, 0.2) is 11.8 Å². The van der Waals surface area contributed by atoms with Crippen molar-refractivity contribution in [3.63, 3.8) is 0 Å². The molecule has 0 saturated carbocycles. The number of methoxy groups -OCH3 is 1. The number of nitrogens with zero attached hydrogens (tertiary/aromatic N) is 1. The monoisotopic (exact) mass is 732 g/mol. The zero-order chi connectivity index (χ0) is 39.0. The Kier molecular flexibility index (Phi) is 16.1. The molecular formula is C39H48N4O10. The average Bonchev–Trinajstić information content (AvgIpc) is 3.13. The van der Waals surface area contributed by atoms with Gasteiger partial charge in [0.2, 0.25) is 5.91 Å². The van der Waals surface area contributed by atoms with Gasteiger partial charge in [0.25, 0.3) is 5.91 Å². The van der Waals surface area contributed by atoms with Gasteiger partial charge in [-0.1, -0.05) is 91.0 Å². The summed E-state index contributed by atoms with van der Waals surface area (Å²) in [5.74, 6) is -4.57. The number of amides is 3. The molecule has 0 fully saturated rings. The lowest BCUT2D eigenvalue weighted by Crippen LogP contribution is -2.57. The van der Waals surface area contributed by atoms with Crippen molar-refractivity contribution in [2.24, 2.45) is 0 Å². The van der Waals surface area contributed by atoms with Crippen molar-refractivity contribution in [3.8, 4) is 0 Å². The number of hydrogen-bond donors (Lipinski definition) is 5. The number of rotatable bonds is 19. The number of carbonyl (C=O) groups excluding carboxylic acids is 5. The molecule has 0 aliphatic rings. The summed E-state index contributed by atoms with van der Waals surface area (Å²) < 4.78 is 10.2. The van der Waals surface area contributed by atoms with Gasteiger partial charge in [-0.25, -0.2) is 14.7 Å². The van der Waals surface area contributed by atoms with Gasteiger partial charge in [-0.3, -0.25) is 29.7 Å². The van der Waals surface area contributed by atoms with Crippen molar-refractivity contribution in [2.45, 2.75) is 82.6 Å². The smallest absolute Gasteiger partial charge is 0.408 e. The van der Waals surface area contributed by atoms with Crippen LogP contribution >= 0.6 is 0 Å². The summed E-state index contributed by atoms with van der Waals surface area (Å²) in [5.41, 5.74) is 1.25. The fraction of sp³-hybridized carbons (Fsp3) is 0.385. The molecule has 0 bridgehead atoms. The summed E-state index contributed by atoms with van der Waals surface area (Å²) in [4.78, 5) is 78.3. The first-order valence-corrected chi connectivity index (χ1v) is 17.2. The van der Waals surface area contributed by atoms with E-state index >= 15 is 0 Å². The van der Waals surface area contributed by atoms with Crippen molar-refractivity contribution >= 4 is 35.6 Å². The molecule has 0 aliphatic carbocycles. The second-order valence-electron chi connectivity index (χ2n) is 13.4. The van der Waals surface area contributed by atoms with E-state index in [2.05, 4.69) is 16.0 Å². The second kappa shape index (κ2) is 20.4. The predicted molar refractivity (Wildman–Crippen MR) is 194 cm³/mol. The minimum absolute atomic E-state index is 0.0459. The molecule has 0 aromatic heterocycles. The van der Waals surface area contributed by atoms with Crippen LogP contribution in [0.5, 0.6) is 0 Å². The van der Waals surface area contributed by atoms with Crippen LogP contribution in [0.15, 0.2) is 91.0 Å². The lowest BCUT2D eigenvalue weighted by Gasteiger charge is -2.29. The van der Waals surface area contributed by atoms with Gasteiger partial charge in [-0.2, -0.15) is 0 Å². The van der Waals surface area contributed by atoms with E-state index in [0.717, 1.165) is 12.7 Å². The first kappa shape index (κ1) is 41.8. The van der Waals surface area contributed by atoms with E-state index < -0.39 is 78.2 Å². The number of carbonyl (C=O) groups is 6. The third kappa shape index (κ3) is 14.5. The number of hydroxylamine groups is 2. The van der Waals surface area contributed by atoms with Crippen LogP contribution in [0.2, 0.25) is 0 Å². The van der Waals surface area contributed by atoms with Crippen molar-refractivity contribution in [2.75, 3.05) is 13.7 Å². The zero-order valence-electron chi connectivity index (χ0n) is 30.3. The largest absolute Gasteiger partial charge is 0.481 e. The number of ketones is 1. The van der Waals surface area contributed by atoms with Crippen molar-refractivity contribution < 1.29 is 48.6 Å². The Morgan fingerprint density at radius 1 is 0.717 bits per heavy atom. The minimum Gasteiger partial charge on any atom is -0.481 e. The van der Waals surface area contributed by atoms with E-state index in [1.54, 1.807) is 106 Å². The first-order valence-electron chi connectivity index (χ1n) is 17.2. The zero-order valence-corrected chi connectivity index (χ0v) is 30.3. The molecule has 5 N–H and O–H groups in total. The van der Waals surface area contributed by atoms with Gasteiger partial charge < -0.3 is 25.2 Å². The molecule has 0 saturated heterocycles. The van der Waals surface area contributed by atoms with Crippen LogP contribution in [0.25, 0.3) is 0 Å². The van der Waals surface area contributed by atoms with Crippen LogP contribution < -0.4 is 16.0 Å². The molecule has 284 valence electrons. The van der Waals surface area contributed by atoms with E-state index in [0.29, 0.717) is 11.1 Å². The third-order valence-corrected chi connectivity index (χ3v) is 8.01. The molecule has 3 aromatic carbocycles. The number of nitrogens with one attached hydrogen (secondary N) is 3. The number of aliphatic carboxylic acids is 1. The summed E-state index contributed by atoms with van der Waals surface area (Å²) in [6.45, 7) is 4.69. The Morgan fingerprint density at radius 3 is 1.68 bits per heavy atom. The highest BCUT2D eigenvalue weighted by Crippen LogP contribution is 2.14. The second-order valence-corrected chi connectivity index (χ2v) is 13.4.